The van der Waals surface area contributed by atoms with Crippen molar-refractivity contribution in [3.63, 3.8) is 0 Å². The fourth-order valence-electron chi connectivity index (χ4n) is 0.851. The first kappa shape index (κ1) is 5.10. The normalized spacial score (nSPS) is 51.0. The van der Waals surface area contributed by atoms with Gasteiger partial charge in [0.05, 0.1) is 5.60 Å². The molecule has 0 spiro atoms. The van der Waals surface area contributed by atoms with Crippen molar-refractivity contribution in [1.29, 1.82) is 0 Å². The number of hydrogen-bond donors (Lipinski definition) is 1. The van der Waals surface area contributed by atoms with Crippen LogP contribution in [-0.4, -0.2) is 10.7 Å². The van der Waals surface area contributed by atoms with Crippen LogP contribution in [0, 0.1) is 5.92 Å². The molecule has 1 unspecified atom stereocenters. The fraction of sp³-hybridized carbons (Fsp3) is 1.00. The van der Waals surface area contributed by atoms with E-state index in [9.17, 15) is 5.11 Å². The minimum atomic E-state index is -0.319. The van der Waals surface area contributed by atoms with E-state index in [1.165, 1.54) is 6.42 Å². The predicted molar refractivity (Wildman–Crippen MR) is 29.0 cm³/mol. The molecular weight excluding hydrogens is 88.1 g/mol. The van der Waals surface area contributed by atoms with Crippen molar-refractivity contribution in [2.45, 2.75) is 32.3 Å². The third-order valence-electron chi connectivity index (χ3n) is 2.15. The molecule has 0 aromatic rings. The molecule has 1 nitrogen and oxygen atoms in total. The van der Waals surface area contributed by atoms with Crippen molar-refractivity contribution >= 4 is 0 Å². The summed E-state index contributed by atoms with van der Waals surface area (Å²) >= 11 is 0. The van der Waals surface area contributed by atoms with Crippen LogP contribution in [0.15, 0.2) is 0 Å². The summed E-state index contributed by atoms with van der Waals surface area (Å²) in [7, 11) is 0. The van der Waals surface area contributed by atoms with Crippen molar-refractivity contribution in [3.05, 3.63) is 0 Å². The van der Waals surface area contributed by atoms with Crippen molar-refractivity contribution in [3.8, 4) is 0 Å². The van der Waals surface area contributed by atoms with Crippen molar-refractivity contribution in [2.24, 2.45) is 5.92 Å². The third-order valence-corrected chi connectivity index (χ3v) is 2.15. The number of hydrogen-bond acceptors (Lipinski definition) is 1. The zero-order valence-electron chi connectivity index (χ0n) is 4.94. The Bertz CT molecular complexity index is 76.2. The Morgan fingerprint density at radius 3 is 2.14 bits per heavy atom. The Morgan fingerprint density at radius 1 is 1.71 bits per heavy atom. The highest BCUT2D eigenvalue weighted by Gasteiger charge is 2.36. The van der Waals surface area contributed by atoms with Gasteiger partial charge >= 0.3 is 0 Å². The maximum Gasteiger partial charge on any atom is 0.0645 e. The molecule has 1 aliphatic carbocycles. The molecule has 1 saturated carbocycles. The molecule has 0 aromatic carbocycles. The van der Waals surface area contributed by atoms with Gasteiger partial charge in [-0.2, -0.15) is 0 Å². The maximum atomic E-state index is 9.18. The van der Waals surface area contributed by atoms with Gasteiger partial charge in [0, 0.05) is 0 Å². The minimum absolute atomic E-state index is 0.319. The molecule has 7 heavy (non-hydrogen) atoms. The predicted octanol–water partition coefficient (Wildman–Crippen LogP) is 1.17. The summed E-state index contributed by atoms with van der Waals surface area (Å²) in [5.41, 5.74) is -0.319. The quantitative estimate of drug-likeness (QED) is 0.484. The second kappa shape index (κ2) is 1.22. The summed E-state index contributed by atoms with van der Waals surface area (Å²) in [5, 5.41) is 9.18. The largest absolute Gasteiger partial charge is 0.390 e. The minimum Gasteiger partial charge on any atom is -0.390 e. The number of aliphatic hydroxyl groups is 1. The van der Waals surface area contributed by atoms with E-state index in [1.54, 1.807) is 0 Å². The summed E-state index contributed by atoms with van der Waals surface area (Å²) in [4.78, 5) is 0. The molecule has 0 aliphatic heterocycles. The first-order valence-electron chi connectivity index (χ1n) is 2.85. The summed E-state index contributed by atoms with van der Waals surface area (Å²) < 4.78 is 0. The second-order valence-electron chi connectivity index (χ2n) is 2.80. The van der Waals surface area contributed by atoms with Gasteiger partial charge in [0.1, 0.15) is 0 Å². The fourth-order valence-corrected chi connectivity index (χ4v) is 0.851. The lowest BCUT2D eigenvalue weighted by Gasteiger charge is -2.40. The van der Waals surface area contributed by atoms with E-state index in [0.29, 0.717) is 5.92 Å². The van der Waals surface area contributed by atoms with E-state index in [1.807, 2.05) is 6.92 Å². The van der Waals surface area contributed by atoms with Crippen LogP contribution in [0.3, 0.4) is 0 Å². The van der Waals surface area contributed by atoms with Gasteiger partial charge in [0.15, 0.2) is 0 Å². The standard InChI is InChI=1S/C6H12O/c1-5-3-4-6(5,2)7/h5,7H,3-4H2,1-2H3/t5?,6-/m1/s1. The zero-order chi connectivity index (χ0) is 5.49. The molecule has 0 bridgehead atoms. The maximum absolute atomic E-state index is 9.18. The number of rotatable bonds is 0. The van der Waals surface area contributed by atoms with Gasteiger partial charge in [0.2, 0.25) is 0 Å². The molecule has 1 rings (SSSR count). The van der Waals surface area contributed by atoms with Crippen LogP contribution in [0.1, 0.15) is 26.7 Å². The third kappa shape index (κ3) is 0.653. The molecule has 0 amide bonds. The molecule has 0 heterocycles. The van der Waals surface area contributed by atoms with Gasteiger partial charge in [-0.15, -0.1) is 0 Å². The molecule has 0 aromatic heterocycles. The monoisotopic (exact) mass is 100 g/mol. The lowest BCUT2D eigenvalue weighted by Crippen LogP contribution is -2.41. The highest BCUT2D eigenvalue weighted by atomic mass is 16.3. The topological polar surface area (TPSA) is 20.2 Å². The smallest absolute Gasteiger partial charge is 0.0645 e. The Labute approximate surface area is 44.4 Å². The molecule has 1 heteroatoms. The average molecular weight is 100 g/mol. The summed E-state index contributed by atoms with van der Waals surface area (Å²) in [6, 6.07) is 0. The van der Waals surface area contributed by atoms with Crippen LogP contribution in [-0.2, 0) is 0 Å². The SMILES string of the molecule is CC1CC[C@@]1(C)O. The van der Waals surface area contributed by atoms with Crippen LogP contribution in [0.2, 0.25) is 0 Å². The van der Waals surface area contributed by atoms with Gasteiger partial charge in [-0.25, -0.2) is 0 Å². The lowest BCUT2D eigenvalue weighted by atomic mass is 9.72. The first-order valence-corrected chi connectivity index (χ1v) is 2.85. The molecular formula is C6H12O. The molecule has 1 fully saturated rings. The van der Waals surface area contributed by atoms with E-state index in [4.69, 9.17) is 0 Å². The van der Waals surface area contributed by atoms with E-state index in [2.05, 4.69) is 6.92 Å². The van der Waals surface area contributed by atoms with Gasteiger partial charge in [-0.3, -0.25) is 0 Å². The highest BCUT2D eigenvalue weighted by Crippen LogP contribution is 2.36. The van der Waals surface area contributed by atoms with Crippen molar-refractivity contribution in [2.75, 3.05) is 0 Å². The molecule has 0 radical (unpaired) electrons. The highest BCUT2D eigenvalue weighted by molar-refractivity contribution is 4.88. The van der Waals surface area contributed by atoms with Crippen LogP contribution < -0.4 is 0 Å². The van der Waals surface area contributed by atoms with Gasteiger partial charge in [-0.05, 0) is 25.7 Å². The molecule has 1 N–H and O–H groups in total. The summed E-state index contributed by atoms with van der Waals surface area (Å²) in [6.07, 6.45) is 2.20. The Balaban J connectivity index is 2.43. The van der Waals surface area contributed by atoms with E-state index < -0.39 is 0 Å². The van der Waals surface area contributed by atoms with Gasteiger partial charge in [0.25, 0.3) is 0 Å². The van der Waals surface area contributed by atoms with Gasteiger partial charge < -0.3 is 5.11 Å². The van der Waals surface area contributed by atoms with E-state index in [0.717, 1.165) is 6.42 Å². The Morgan fingerprint density at radius 2 is 2.14 bits per heavy atom. The van der Waals surface area contributed by atoms with E-state index in [-0.39, 0.29) is 5.60 Å². The van der Waals surface area contributed by atoms with Crippen LogP contribution in [0.5, 0.6) is 0 Å². The Kier molecular flexibility index (Phi) is 0.890. The molecule has 2 atom stereocenters. The summed E-state index contributed by atoms with van der Waals surface area (Å²) in [6.45, 7) is 3.99. The lowest BCUT2D eigenvalue weighted by molar-refractivity contribution is -0.0692. The average Bonchev–Trinajstić information content (AvgIpc) is 1.63. The first-order chi connectivity index (χ1) is 3.13. The van der Waals surface area contributed by atoms with Gasteiger partial charge in [-0.1, -0.05) is 6.92 Å². The van der Waals surface area contributed by atoms with Crippen molar-refractivity contribution in [1.82, 2.24) is 0 Å². The molecule has 42 valence electrons. The van der Waals surface area contributed by atoms with Crippen LogP contribution >= 0.6 is 0 Å². The van der Waals surface area contributed by atoms with Crippen molar-refractivity contribution < 1.29 is 5.11 Å². The molecule has 0 saturated heterocycles. The Hall–Kier alpha value is -0.0400. The second-order valence-corrected chi connectivity index (χ2v) is 2.80. The molecule has 1 aliphatic rings. The van der Waals surface area contributed by atoms with Crippen LogP contribution in [0.4, 0.5) is 0 Å². The van der Waals surface area contributed by atoms with E-state index >= 15 is 0 Å². The van der Waals surface area contributed by atoms with Crippen LogP contribution in [0.25, 0.3) is 0 Å². The summed E-state index contributed by atoms with van der Waals surface area (Å²) in [5.74, 6) is 0.535. The zero-order valence-corrected chi connectivity index (χ0v) is 4.94.